The molecule has 120 valence electrons. The highest BCUT2D eigenvalue weighted by Gasteiger charge is 2.17. The Bertz CT molecular complexity index is 728. The van der Waals surface area contributed by atoms with Crippen molar-refractivity contribution in [1.29, 1.82) is 0 Å². The molecule has 5 heteroatoms. The van der Waals surface area contributed by atoms with E-state index in [9.17, 15) is 4.79 Å². The van der Waals surface area contributed by atoms with Gasteiger partial charge in [-0.1, -0.05) is 12.1 Å². The van der Waals surface area contributed by atoms with Crippen molar-refractivity contribution >= 4 is 11.6 Å². The lowest BCUT2D eigenvalue weighted by Gasteiger charge is -2.18. The van der Waals surface area contributed by atoms with E-state index in [1.165, 1.54) is 18.2 Å². The molecule has 0 radical (unpaired) electrons. The molecule has 1 heterocycles. The number of methoxy groups -OCH3 is 2. The molecule has 3 rings (SSSR count). The molecule has 0 bridgehead atoms. The summed E-state index contributed by atoms with van der Waals surface area (Å²) in [4.78, 5) is 12.6. The van der Waals surface area contributed by atoms with Crippen molar-refractivity contribution in [3.8, 4) is 11.5 Å². The van der Waals surface area contributed by atoms with Gasteiger partial charge >= 0.3 is 0 Å². The molecule has 5 nitrogen and oxygen atoms in total. The van der Waals surface area contributed by atoms with E-state index < -0.39 is 0 Å². The molecule has 1 amide bonds. The summed E-state index contributed by atoms with van der Waals surface area (Å²) in [6.07, 6.45) is 1.02. The molecule has 0 spiro atoms. The maximum absolute atomic E-state index is 12.6. The monoisotopic (exact) mass is 312 g/mol. The molecule has 0 atom stereocenters. The van der Waals surface area contributed by atoms with E-state index in [0.29, 0.717) is 17.1 Å². The molecule has 0 saturated heterocycles. The number of benzene rings is 2. The predicted octanol–water partition coefficient (Wildman–Crippen LogP) is 2.60. The van der Waals surface area contributed by atoms with Crippen LogP contribution in [-0.4, -0.2) is 26.7 Å². The summed E-state index contributed by atoms with van der Waals surface area (Å²) >= 11 is 0. The Kier molecular flexibility index (Phi) is 4.48. The fourth-order valence-electron chi connectivity index (χ4n) is 2.82. The molecule has 1 aliphatic heterocycles. The average Bonchev–Trinajstić information content (AvgIpc) is 2.60. The van der Waals surface area contributed by atoms with Gasteiger partial charge in [-0.2, -0.15) is 0 Å². The normalized spacial score (nSPS) is 13.1. The van der Waals surface area contributed by atoms with Crippen molar-refractivity contribution in [3.05, 3.63) is 53.1 Å². The zero-order chi connectivity index (χ0) is 16.2. The molecule has 0 fully saturated rings. The Morgan fingerprint density at radius 3 is 2.78 bits per heavy atom. The van der Waals surface area contributed by atoms with Crippen LogP contribution in [0.5, 0.6) is 11.5 Å². The first-order chi connectivity index (χ1) is 11.2. The Morgan fingerprint density at radius 2 is 2.00 bits per heavy atom. The smallest absolute Gasteiger partial charge is 0.259 e. The molecule has 23 heavy (non-hydrogen) atoms. The summed E-state index contributed by atoms with van der Waals surface area (Å²) in [6.45, 7) is 1.83. The number of hydrogen-bond donors (Lipinski definition) is 2. The number of rotatable bonds is 4. The highest BCUT2D eigenvalue weighted by atomic mass is 16.5. The number of carbonyl (C=O) groups excluding carboxylic acids is 1. The zero-order valence-corrected chi connectivity index (χ0v) is 13.3. The molecule has 2 aromatic carbocycles. The molecule has 0 unspecified atom stereocenters. The molecule has 0 saturated carbocycles. The van der Waals surface area contributed by atoms with E-state index in [1.54, 1.807) is 25.3 Å². The van der Waals surface area contributed by atoms with Gasteiger partial charge in [0.25, 0.3) is 5.91 Å². The van der Waals surface area contributed by atoms with Crippen LogP contribution >= 0.6 is 0 Å². The van der Waals surface area contributed by atoms with Crippen molar-refractivity contribution in [2.45, 2.75) is 13.0 Å². The fourth-order valence-corrected chi connectivity index (χ4v) is 2.82. The summed E-state index contributed by atoms with van der Waals surface area (Å²) in [7, 11) is 3.08. The number of para-hydroxylation sites is 1. The van der Waals surface area contributed by atoms with Crippen molar-refractivity contribution in [1.82, 2.24) is 5.32 Å². The van der Waals surface area contributed by atoms with Gasteiger partial charge in [0.15, 0.2) is 11.5 Å². The van der Waals surface area contributed by atoms with Gasteiger partial charge in [-0.25, -0.2) is 0 Å². The minimum absolute atomic E-state index is 0.218. The van der Waals surface area contributed by atoms with Crippen molar-refractivity contribution in [2.75, 3.05) is 26.1 Å². The molecule has 2 N–H and O–H groups in total. The van der Waals surface area contributed by atoms with Gasteiger partial charge in [0, 0.05) is 12.2 Å². The number of fused-ring (bicyclic) bond motifs is 1. The topological polar surface area (TPSA) is 59.6 Å². The SMILES string of the molecule is COc1cccc(C(=O)Nc2ccc3c(c2)CNCC3)c1OC. The third kappa shape index (κ3) is 3.14. The first-order valence-corrected chi connectivity index (χ1v) is 7.58. The lowest BCUT2D eigenvalue weighted by Crippen LogP contribution is -2.23. The van der Waals surface area contributed by atoms with E-state index in [-0.39, 0.29) is 5.91 Å². The van der Waals surface area contributed by atoms with Gasteiger partial charge < -0.3 is 20.1 Å². The maximum Gasteiger partial charge on any atom is 0.259 e. The minimum Gasteiger partial charge on any atom is -0.493 e. The van der Waals surface area contributed by atoms with E-state index in [4.69, 9.17) is 9.47 Å². The van der Waals surface area contributed by atoms with Gasteiger partial charge in [-0.3, -0.25) is 4.79 Å². The highest BCUT2D eigenvalue weighted by Crippen LogP contribution is 2.31. The molecule has 2 aromatic rings. The number of anilines is 1. The number of hydrogen-bond acceptors (Lipinski definition) is 4. The third-order valence-corrected chi connectivity index (χ3v) is 4.00. The van der Waals surface area contributed by atoms with Crippen LogP contribution in [0.15, 0.2) is 36.4 Å². The van der Waals surface area contributed by atoms with Crippen LogP contribution in [0.1, 0.15) is 21.5 Å². The average molecular weight is 312 g/mol. The quantitative estimate of drug-likeness (QED) is 0.911. The van der Waals surface area contributed by atoms with Crippen molar-refractivity contribution in [3.63, 3.8) is 0 Å². The van der Waals surface area contributed by atoms with Gasteiger partial charge in [-0.15, -0.1) is 0 Å². The van der Waals surface area contributed by atoms with E-state index in [1.807, 2.05) is 12.1 Å². The van der Waals surface area contributed by atoms with Gasteiger partial charge in [0.1, 0.15) is 0 Å². The Balaban J connectivity index is 1.85. The summed E-state index contributed by atoms with van der Waals surface area (Å²) in [5.41, 5.74) is 3.79. The second kappa shape index (κ2) is 6.71. The number of nitrogens with one attached hydrogen (secondary N) is 2. The van der Waals surface area contributed by atoms with E-state index >= 15 is 0 Å². The first-order valence-electron chi connectivity index (χ1n) is 7.58. The number of carbonyl (C=O) groups is 1. The molecule has 0 aromatic heterocycles. The van der Waals surface area contributed by atoms with Crippen LogP contribution in [0.25, 0.3) is 0 Å². The van der Waals surface area contributed by atoms with Gasteiger partial charge in [0.05, 0.1) is 19.8 Å². The van der Waals surface area contributed by atoms with Crippen molar-refractivity contribution < 1.29 is 14.3 Å². The second-order valence-electron chi connectivity index (χ2n) is 5.41. The van der Waals surface area contributed by atoms with Crippen LogP contribution in [0, 0.1) is 0 Å². The fraction of sp³-hybridized carbons (Fsp3) is 0.278. The zero-order valence-electron chi connectivity index (χ0n) is 13.3. The standard InChI is InChI=1S/C18H20N2O3/c1-22-16-5-3-4-15(17(16)23-2)18(21)20-14-7-6-12-8-9-19-11-13(12)10-14/h3-7,10,19H,8-9,11H2,1-2H3,(H,20,21). The molecular formula is C18H20N2O3. The summed E-state index contributed by atoms with van der Waals surface area (Å²) in [6, 6.07) is 11.3. The van der Waals surface area contributed by atoms with Crippen LogP contribution in [0.2, 0.25) is 0 Å². The van der Waals surface area contributed by atoms with E-state index in [0.717, 1.165) is 25.2 Å². The summed E-state index contributed by atoms with van der Waals surface area (Å²) in [5.74, 6) is 0.756. The van der Waals surface area contributed by atoms with E-state index in [2.05, 4.69) is 16.7 Å². The lowest BCUT2D eigenvalue weighted by atomic mass is 10.0. The third-order valence-electron chi connectivity index (χ3n) is 4.00. The van der Waals surface area contributed by atoms with Crippen LogP contribution in [0.4, 0.5) is 5.69 Å². The first kappa shape index (κ1) is 15.4. The Labute approximate surface area is 135 Å². The largest absolute Gasteiger partial charge is 0.493 e. The molecular weight excluding hydrogens is 292 g/mol. The second-order valence-corrected chi connectivity index (χ2v) is 5.41. The summed E-state index contributed by atoms with van der Waals surface area (Å²) < 4.78 is 10.6. The summed E-state index contributed by atoms with van der Waals surface area (Å²) in [5, 5.41) is 6.27. The lowest BCUT2D eigenvalue weighted by molar-refractivity contribution is 0.102. The number of ether oxygens (including phenoxy) is 2. The van der Waals surface area contributed by atoms with Crippen molar-refractivity contribution in [2.24, 2.45) is 0 Å². The minimum atomic E-state index is -0.218. The van der Waals surface area contributed by atoms with Gasteiger partial charge in [-0.05, 0) is 48.4 Å². The Morgan fingerprint density at radius 1 is 1.13 bits per heavy atom. The van der Waals surface area contributed by atoms with Gasteiger partial charge in [0.2, 0.25) is 0 Å². The maximum atomic E-state index is 12.6. The molecule has 1 aliphatic rings. The van der Waals surface area contributed by atoms with Crippen LogP contribution in [0.3, 0.4) is 0 Å². The Hall–Kier alpha value is -2.53. The van der Waals surface area contributed by atoms with Crippen LogP contribution in [-0.2, 0) is 13.0 Å². The highest BCUT2D eigenvalue weighted by molar-refractivity contribution is 6.06. The predicted molar refractivity (Wildman–Crippen MR) is 89.4 cm³/mol. The molecule has 0 aliphatic carbocycles. The van der Waals surface area contributed by atoms with Crippen LogP contribution < -0.4 is 20.1 Å². The number of amides is 1.